The number of allylic oxidation sites excluding steroid dienone is 1. The van der Waals surface area contributed by atoms with Crippen LogP contribution < -0.4 is 10.6 Å². The van der Waals surface area contributed by atoms with Crippen molar-refractivity contribution in [2.75, 3.05) is 10.6 Å². The second kappa shape index (κ2) is 7.84. The van der Waals surface area contributed by atoms with Crippen LogP contribution >= 0.6 is 15.9 Å². The van der Waals surface area contributed by atoms with Crippen molar-refractivity contribution in [2.45, 2.75) is 13.0 Å². The molecule has 0 saturated carbocycles. The first-order valence-corrected chi connectivity index (χ1v) is 10.3. The van der Waals surface area contributed by atoms with Crippen molar-refractivity contribution in [3.63, 3.8) is 0 Å². The van der Waals surface area contributed by atoms with E-state index in [0.717, 1.165) is 10.0 Å². The van der Waals surface area contributed by atoms with Crippen molar-refractivity contribution < 1.29 is 9.21 Å². The molecule has 3 aromatic heterocycles. The minimum absolute atomic E-state index is 0.247. The summed E-state index contributed by atoms with van der Waals surface area (Å²) in [7, 11) is 0. The number of halogens is 1. The highest BCUT2D eigenvalue weighted by atomic mass is 79.9. The summed E-state index contributed by atoms with van der Waals surface area (Å²) in [6.07, 6.45) is 4.84. The minimum atomic E-state index is -0.485. The molecule has 9 heteroatoms. The second-order valence-corrected chi connectivity index (χ2v) is 7.91. The number of anilines is 2. The van der Waals surface area contributed by atoms with Gasteiger partial charge in [-0.05, 0) is 48.9 Å². The van der Waals surface area contributed by atoms with Gasteiger partial charge >= 0.3 is 0 Å². The lowest BCUT2D eigenvalue weighted by Crippen LogP contribution is -2.31. The lowest BCUT2D eigenvalue weighted by atomic mass is 9.95. The molecule has 2 N–H and O–H groups in total. The predicted molar refractivity (Wildman–Crippen MR) is 119 cm³/mol. The molecule has 0 spiro atoms. The number of amides is 1. The maximum Gasteiger partial charge on any atom is 0.255 e. The average molecular weight is 477 g/mol. The van der Waals surface area contributed by atoms with Gasteiger partial charge in [-0.25, -0.2) is 4.68 Å². The summed E-state index contributed by atoms with van der Waals surface area (Å²) in [5, 5.41) is 10.8. The fourth-order valence-electron chi connectivity index (χ4n) is 3.58. The van der Waals surface area contributed by atoms with Crippen molar-refractivity contribution in [3.8, 4) is 11.6 Å². The van der Waals surface area contributed by atoms with Crippen molar-refractivity contribution in [3.05, 3.63) is 88.5 Å². The van der Waals surface area contributed by atoms with E-state index in [9.17, 15) is 4.79 Å². The van der Waals surface area contributed by atoms with Gasteiger partial charge in [0.2, 0.25) is 11.8 Å². The van der Waals surface area contributed by atoms with E-state index in [0.29, 0.717) is 34.5 Å². The van der Waals surface area contributed by atoms with Crippen LogP contribution in [0.25, 0.3) is 11.6 Å². The third kappa shape index (κ3) is 3.64. The first-order chi connectivity index (χ1) is 15.1. The normalized spacial score (nSPS) is 15.4. The highest BCUT2D eigenvalue weighted by Gasteiger charge is 2.34. The van der Waals surface area contributed by atoms with Crippen molar-refractivity contribution in [1.29, 1.82) is 0 Å². The van der Waals surface area contributed by atoms with E-state index in [4.69, 9.17) is 4.42 Å². The largest absolute Gasteiger partial charge is 0.461 e. The number of nitrogens with one attached hydrogen (secondary N) is 2. The fraction of sp³-hybridized carbons (Fsp3) is 0.0909. The van der Waals surface area contributed by atoms with Crippen LogP contribution in [0.15, 0.2) is 87.3 Å². The standard InChI is InChI=1S/C22H17BrN6O2/c1-13-18(21(30)26-16-7-3-9-24-12-16)19(14-5-2-6-15(23)11-14)29-22(25-13)27-20(28-29)17-8-4-10-31-17/h2-12,19H,1H3,(H,26,30)(H,25,27,28)/t19-/m1/s1. The molecular formula is C22H17BrN6O2. The number of benzene rings is 1. The van der Waals surface area contributed by atoms with Gasteiger partial charge in [-0.1, -0.05) is 28.1 Å². The molecule has 0 fully saturated rings. The first kappa shape index (κ1) is 19.3. The van der Waals surface area contributed by atoms with E-state index < -0.39 is 6.04 Å². The SMILES string of the molecule is CC1=C(C(=O)Nc2cccnc2)[C@@H](c2cccc(Br)c2)n2nc(-c3ccco3)nc2N1. The molecule has 1 aromatic carbocycles. The van der Waals surface area contributed by atoms with Crippen molar-refractivity contribution >= 4 is 33.5 Å². The molecule has 0 unspecified atom stereocenters. The van der Waals surface area contributed by atoms with E-state index in [1.165, 1.54) is 0 Å². The van der Waals surface area contributed by atoms with Gasteiger partial charge < -0.3 is 15.1 Å². The second-order valence-electron chi connectivity index (χ2n) is 7.00. The summed E-state index contributed by atoms with van der Waals surface area (Å²) >= 11 is 3.53. The molecule has 1 atom stereocenters. The molecule has 0 saturated heterocycles. The summed E-state index contributed by atoms with van der Waals surface area (Å²) in [5.74, 6) is 1.28. The van der Waals surface area contributed by atoms with Gasteiger partial charge in [0, 0.05) is 16.4 Å². The smallest absolute Gasteiger partial charge is 0.255 e. The Labute approximate surface area is 186 Å². The number of carbonyl (C=O) groups excluding carboxylic acids is 1. The first-order valence-electron chi connectivity index (χ1n) is 9.55. The van der Waals surface area contributed by atoms with E-state index in [1.54, 1.807) is 47.6 Å². The van der Waals surface area contributed by atoms with E-state index >= 15 is 0 Å². The Morgan fingerprint density at radius 3 is 2.87 bits per heavy atom. The highest BCUT2D eigenvalue weighted by molar-refractivity contribution is 9.10. The number of fused-ring (bicyclic) bond motifs is 1. The number of nitrogens with zero attached hydrogens (tertiary/aromatic N) is 4. The third-order valence-electron chi connectivity index (χ3n) is 4.92. The van der Waals surface area contributed by atoms with Crippen molar-refractivity contribution in [2.24, 2.45) is 0 Å². The van der Waals surface area contributed by atoms with Gasteiger partial charge in [-0.15, -0.1) is 5.10 Å². The summed E-state index contributed by atoms with van der Waals surface area (Å²) in [6.45, 7) is 1.86. The van der Waals surface area contributed by atoms with Crippen LogP contribution in [0.2, 0.25) is 0 Å². The summed E-state index contributed by atoms with van der Waals surface area (Å²) in [4.78, 5) is 22.0. The van der Waals surface area contributed by atoms with Crippen LogP contribution in [0.3, 0.4) is 0 Å². The summed E-state index contributed by atoms with van der Waals surface area (Å²) < 4.78 is 8.08. The number of hydrogen-bond acceptors (Lipinski definition) is 6. The molecular weight excluding hydrogens is 460 g/mol. The van der Waals surface area contributed by atoms with Crippen LogP contribution in [0, 0.1) is 0 Å². The Bertz CT molecular complexity index is 1280. The number of carbonyl (C=O) groups is 1. The topological polar surface area (TPSA) is 97.9 Å². The molecule has 4 heterocycles. The van der Waals surface area contributed by atoms with Gasteiger partial charge in [0.25, 0.3) is 5.91 Å². The third-order valence-corrected chi connectivity index (χ3v) is 5.42. The van der Waals surface area contributed by atoms with Gasteiger partial charge in [-0.2, -0.15) is 4.98 Å². The van der Waals surface area contributed by atoms with E-state index in [2.05, 4.69) is 41.6 Å². The Morgan fingerprint density at radius 1 is 1.23 bits per heavy atom. The zero-order valence-corrected chi connectivity index (χ0v) is 18.0. The Balaban J connectivity index is 1.62. The maximum absolute atomic E-state index is 13.4. The molecule has 4 aromatic rings. The predicted octanol–water partition coefficient (Wildman–Crippen LogP) is 4.62. The molecule has 0 radical (unpaired) electrons. The van der Waals surface area contributed by atoms with Gasteiger partial charge in [0.05, 0.1) is 23.7 Å². The fourth-order valence-corrected chi connectivity index (χ4v) is 3.99. The summed E-state index contributed by atoms with van der Waals surface area (Å²) in [6, 6.07) is 14.5. The molecule has 0 bridgehead atoms. The lowest BCUT2D eigenvalue weighted by Gasteiger charge is -2.28. The molecule has 1 amide bonds. The van der Waals surface area contributed by atoms with E-state index in [-0.39, 0.29) is 5.91 Å². The zero-order valence-electron chi connectivity index (χ0n) is 16.4. The molecule has 8 nitrogen and oxygen atoms in total. The quantitative estimate of drug-likeness (QED) is 0.445. The van der Waals surface area contributed by atoms with Gasteiger partial charge in [-0.3, -0.25) is 9.78 Å². The minimum Gasteiger partial charge on any atom is -0.461 e. The Kier molecular flexibility index (Phi) is 4.87. The van der Waals surface area contributed by atoms with Crippen LogP contribution in [0.1, 0.15) is 18.5 Å². The molecule has 0 aliphatic carbocycles. The van der Waals surface area contributed by atoms with Crippen LogP contribution in [-0.2, 0) is 4.79 Å². The highest BCUT2D eigenvalue weighted by Crippen LogP contribution is 2.37. The number of rotatable bonds is 4. The molecule has 1 aliphatic rings. The van der Waals surface area contributed by atoms with Crippen molar-refractivity contribution in [1.82, 2.24) is 19.7 Å². The molecule has 154 valence electrons. The number of aromatic nitrogens is 4. The van der Waals surface area contributed by atoms with Crippen LogP contribution in [0.5, 0.6) is 0 Å². The molecule has 1 aliphatic heterocycles. The number of furan rings is 1. The average Bonchev–Trinajstić information content (AvgIpc) is 3.43. The lowest BCUT2D eigenvalue weighted by molar-refractivity contribution is -0.113. The van der Waals surface area contributed by atoms with Crippen LogP contribution in [0.4, 0.5) is 11.6 Å². The monoisotopic (exact) mass is 476 g/mol. The molecule has 31 heavy (non-hydrogen) atoms. The maximum atomic E-state index is 13.4. The van der Waals surface area contributed by atoms with Gasteiger partial charge in [0.1, 0.15) is 6.04 Å². The Hall–Kier alpha value is -3.72. The molecule has 5 rings (SSSR count). The number of pyridine rings is 1. The van der Waals surface area contributed by atoms with Gasteiger partial charge in [0.15, 0.2) is 5.76 Å². The summed E-state index contributed by atoms with van der Waals surface area (Å²) in [5.41, 5.74) is 2.73. The van der Waals surface area contributed by atoms with Crippen LogP contribution in [-0.4, -0.2) is 25.7 Å². The Morgan fingerprint density at radius 2 is 2.13 bits per heavy atom. The van der Waals surface area contributed by atoms with E-state index in [1.807, 2.05) is 31.2 Å². The zero-order chi connectivity index (χ0) is 21.4. The number of hydrogen-bond donors (Lipinski definition) is 2.